The fraction of sp³-hybridized carbons (Fsp3) is 0.269. The molecule has 0 aliphatic carbocycles. The zero-order valence-electron chi connectivity index (χ0n) is 21.0. The van der Waals surface area contributed by atoms with Crippen molar-refractivity contribution in [3.8, 4) is 11.5 Å². The van der Waals surface area contributed by atoms with Crippen LogP contribution < -0.4 is 20.5 Å². The fourth-order valence-corrected chi connectivity index (χ4v) is 4.31. The van der Waals surface area contributed by atoms with Crippen LogP contribution in [-0.2, 0) is 5.60 Å². The fourth-order valence-electron chi connectivity index (χ4n) is 4.10. The van der Waals surface area contributed by atoms with E-state index in [4.69, 9.17) is 26.8 Å². The first kappa shape index (κ1) is 26.2. The highest BCUT2D eigenvalue weighted by atomic mass is 35.5. The molecule has 0 bridgehead atoms. The van der Waals surface area contributed by atoms with Gasteiger partial charge in [0.05, 0.1) is 23.9 Å². The van der Waals surface area contributed by atoms with E-state index in [2.05, 4.69) is 15.3 Å². The van der Waals surface area contributed by atoms with Gasteiger partial charge < -0.3 is 25.6 Å². The number of nitrogens with zero attached hydrogens (tertiary/aromatic N) is 3. The van der Waals surface area contributed by atoms with Crippen LogP contribution in [0.4, 0.5) is 15.9 Å². The number of aromatic nitrogens is 3. The lowest BCUT2D eigenvalue weighted by Gasteiger charge is -2.28. The van der Waals surface area contributed by atoms with E-state index in [0.717, 1.165) is 0 Å². The highest BCUT2D eigenvalue weighted by molar-refractivity contribution is 6.31. The monoisotopic (exact) mass is 527 g/mol. The van der Waals surface area contributed by atoms with Gasteiger partial charge in [-0.05, 0) is 58.0 Å². The van der Waals surface area contributed by atoms with Crippen molar-refractivity contribution < 1.29 is 23.8 Å². The molecule has 9 nitrogen and oxygen atoms in total. The summed E-state index contributed by atoms with van der Waals surface area (Å²) < 4.78 is 28.1. The first-order valence-electron chi connectivity index (χ1n) is 11.4. The second-order valence-corrected chi connectivity index (χ2v) is 9.30. The number of amides is 1. The first-order chi connectivity index (χ1) is 17.4. The Kier molecular flexibility index (Phi) is 6.98. The van der Waals surface area contributed by atoms with Gasteiger partial charge in [-0.15, -0.1) is 0 Å². The Morgan fingerprint density at radius 1 is 1.30 bits per heavy atom. The van der Waals surface area contributed by atoms with E-state index in [1.165, 1.54) is 26.3 Å². The number of carbonyl (C=O) groups excluding carboxylic acids is 1. The molecule has 0 saturated heterocycles. The van der Waals surface area contributed by atoms with Crippen LogP contribution in [0.1, 0.15) is 48.2 Å². The van der Waals surface area contributed by atoms with Gasteiger partial charge in [-0.1, -0.05) is 11.6 Å². The molecule has 2 aromatic carbocycles. The second kappa shape index (κ2) is 9.87. The van der Waals surface area contributed by atoms with Crippen molar-refractivity contribution in [1.29, 1.82) is 0 Å². The molecule has 4 rings (SSSR count). The minimum atomic E-state index is -1.89. The third-order valence-electron chi connectivity index (χ3n) is 5.82. The van der Waals surface area contributed by atoms with Crippen molar-refractivity contribution in [3.63, 3.8) is 0 Å². The van der Waals surface area contributed by atoms with Crippen LogP contribution in [0.3, 0.4) is 0 Å². The first-order valence-corrected chi connectivity index (χ1v) is 11.8. The average molecular weight is 528 g/mol. The Morgan fingerprint density at radius 3 is 2.59 bits per heavy atom. The van der Waals surface area contributed by atoms with E-state index in [9.17, 15) is 9.90 Å². The minimum absolute atomic E-state index is 0.0507. The molecule has 2 heterocycles. The number of carbonyl (C=O) groups is 1. The van der Waals surface area contributed by atoms with Crippen LogP contribution in [0.5, 0.6) is 11.5 Å². The van der Waals surface area contributed by atoms with Crippen molar-refractivity contribution >= 4 is 34.5 Å². The van der Waals surface area contributed by atoms with Gasteiger partial charge in [0.15, 0.2) is 5.82 Å². The van der Waals surface area contributed by atoms with Gasteiger partial charge in [0.25, 0.3) is 5.91 Å². The molecular formula is C26H27ClFN5O4. The van der Waals surface area contributed by atoms with Crippen LogP contribution in [0.25, 0.3) is 5.52 Å². The third kappa shape index (κ3) is 4.77. The van der Waals surface area contributed by atoms with Crippen molar-refractivity contribution in [2.24, 2.45) is 0 Å². The summed E-state index contributed by atoms with van der Waals surface area (Å²) >= 11 is 6.26. The minimum Gasteiger partial charge on any atom is -0.497 e. The number of methoxy groups -OCH3 is 1. The summed E-state index contributed by atoms with van der Waals surface area (Å²) in [5, 5.41) is 14.2. The molecule has 4 aromatic rings. The van der Waals surface area contributed by atoms with Crippen molar-refractivity contribution in [1.82, 2.24) is 14.4 Å². The number of nitrogens with two attached hydrogens (primary N) is 1. The number of aliphatic hydroxyl groups is 1. The molecular weight excluding hydrogens is 501 g/mol. The van der Waals surface area contributed by atoms with Crippen LogP contribution in [0.15, 0.2) is 42.7 Å². The summed E-state index contributed by atoms with van der Waals surface area (Å²) in [6.07, 6.45) is 2.60. The zero-order chi connectivity index (χ0) is 27.1. The van der Waals surface area contributed by atoms with Crippen molar-refractivity contribution in [2.45, 2.75) is 39.4 Å². The number of fused-ring (bicyclic) bond motifs is 1. The number of halogens is 2. The second-order valence-electron chi connectivity index (χ2n) is 8.90. The molecule has 0 aliphatic heterocycles. The van der Waals surface area contributed by atoms with Crippen molar-refractivity contribution in [2.75, 3.05) is 18.2 Å². The Bertz CT molecular complexity index is 1490. The SMILES string of the molecule is COc1ccc(NC(=O)c2c(F)c(Cl)cc([C@](C)(O)c3nc(C)c4c(N)nccn34)c2OC(C)C)cc1. The van der Waals surface area contributed by atoms with Gasteiger partial charge in [0, 0.05) is 23.6 Å². The van der Waals surface area contributed by atoms with E-state index < -0.39 is 29.0 Å². The molecule has 0 spiro atoms. The lowest BCUT2D eigenvalue weighted by Crippen LogP contribution is -2.29. The van der Waals surface area contributed by atoms with Gasteiger partial charge in [0.1, 0.15) is 39.8 Å². The molecule has 0 unspecified atom stereocenters. The normalized spacial score (nSPS) is 13.0. The number of aryl methyl sites for hydroxylation is 1. The number of hydrogen-bond donors (Lipinski definition) is 3. The molecule has 0 aliphatic rings. The molecule has 0 fully saturated rings. The number of anilines is 2. The van der Waals surface area contributed by atoms with Crippen LogP contribution in [0, 0.1) is 12.7 Å². The van der Waals surface area contributed by atoms with E-state index in [0.29, 0.717) is 22.6 Å². The van der Waals surface area contributed by atoms with E-state index >= 15 is 4.39 Å². The topological polar surface area (TPSA) is 124 Å². The van der Waals surface area contributed by atoms with Gasteiger partial charge in [0.2, 0.25) is 0 Å². The van der Waals surface area contributed by atoms with Crippen molar-refractivity contribution in [3.05, 3.63) is 76.2 Å². The maximum absolute atomic E-state index is 15.4. The molecule has 1 atom stereocenters. The van der Waals surface area contributed by atoms with E-state index in [-0.39, 0.29) is 28.0 Å². The summed E-state index contributed by atoms with van der Waals surface area (Å²) in [5.41, 5.74) is 5.18. The number of rotatable bonds is 7. The quantitative estimate of drug-likeness (QED) is 0.318. The summed E-state index contributed by atoms with van der Waals surface area (Å²) in [6.45, 7) is 6.62. The molecule has 194 valence electrons. The molecule has 0 saturated carbocycles. The number of nitrogen functional groups attached to an aromatic ring is 1. The van der Waals surface area contributed by atoms with Crippen LogP contribution >= 0.6 is 11.6 Å². The maximum Gasteiger partial charge on any atom is 0.262 e. The zero-order valence-corrected chi connectivity index (χ0v) is 21.7. The van der Waals surface area contributed by atoms with Gasteiger partial charge in [-0.3, -0.25) is 9.20 Å². The summed E-state index contributed by atoms with van der Waals surface area (Å²) in [7, 11) is 1.52. The predicted octanol–water partition coefficient (Wildman–Crippen LogP) is 4.72. The molecule has 2 aromatic heterocycles. The Balaban J connectivity index is 1.91. The van der Waals surface area contributed by atoms with E-state index in [1.54, 1.807) is 55.6 Å². The summed E-state index contributed by atoms with van der Waals surface area (Å²) in [4.78, 5) is 22.0. The Morgan fingerprint density at radius 2 is 1.97 bits per heavy atom. The van der Waals surface area contributed by atoms with E-state index in [1.807, 2.05) is 0 Å². The summed E-state index contributed by atoms with van der Waals surface area (Å²) in [6, 6.07) is 7.75. The van der Waals surface area contributed by atoms with Crippen LogP contribution in [-0.4, -0.2) is 38.6 Å². The molecule has 1 amide bonds. The number of ether oxygens (including phenoxy) is 2. The largest absolute Gasteiger partial charge is 0.497 e. The Hall–Kier alpha value is -3.89. The lowest BCUT2D eigenvalue weighted by atomic mass is 9.91. The number of benzene rings is 2. The third-order valence-corrected chi connectivity index (χ3v) is 6.09. The lowest BCUT2D eigenvalue weighted by molar-refractivity contribution is 0.0847. The highest BCUT2D eigenvalue weighted by Gasteiger charge is 2.38. The Labute approximate surface area is 218 Å². The van der Waals surface area contributed by atoms with Crippen LogP contribution in [0.2, 0.25) is 5.02 Å². The smallest absolute Gasteiger partial charge is 0.262 e. The predicted molar refractivity (Wildman–Crippen MR) is 139 cm³/mol. The van der Waals surface area contributed by atoms with Gasteiger partial charge >= 0.3 is 0 Å². The molecule has 11 heteroatoms. The molecule has 4 N–H and O–H groups in total. The molecule has 37 heavy (non-hydrogen) atoms. The number of hydrogen-bond acceptors (Lipinski definition) is 7. The average Bonchev–Trinajstić information content (AvgIpc) is 3.20. The summed E-state index contributed by atoms with van der Waals surface area (Å²) in [5.74, 6) is -0.982. The maximum atomic E-state index is 15.4. The molecule has 0 radical (unpaired) electrons. The van der Waals surface area contributed by atoms with Gasteiger partial charge in [-0.25, -0.2) is 14.4 Å². The number of nitrogens with one attached hydrogen (secondary N) is 1. The number of imidazole rings is 1. The highest BCUT2D eigenvalue weighted by Crippen LogP contribution is 2.42. The standard InChI is InChI=1S/C26H27ClFN5O4/c1-13(2)37-22-17(26(4,35)25-31-14(3)21-23(29)30-10-11-33(21)25)12-18(27)20(28)19(22)24(34)32-15-6-8-16(36-5)9-7-15/h6-13,35H,1-5H3,(H2,29,30)(H,32,34)/t26-/m0/s1. The van der Waals surface area contributed by atoms with Gasteiger partial charge in [-0.2, -0.15) is 0 Å².